The number of rotatable bonds is 4. The number of carbonyl (C=O) groups is 3. The Balaban J connectivity index is 1.94. The number of hydrogen-bond donors (Lipinski definition) is 3. The van der Waals surface area contributed by atoms with E-state index in [9.17, 15) is 14.4 Å². The first kappa shape index (κ1) is 15.5. The highest BCUT2D eigenvalue weighted by molar-refractivity contribution is 6.00. The summed E-state index contributed by atoms with van der Waals surface area (Å²) in [5.74, 6) is -1.07. The lowest BCUT2D eigenvalue weighted by molar-refractivity contribution is 0.0844. The van der Waals surface area contributed by atoms with Gasteiger partial charge in [-0.15, -0.1) is 0 Å². The molecular weight excluding hydrogens is 282 g/mol. The van der Waals surface area contributed by atoms with Crippen LogP contribution in [-0.2, 0) is 6.42 Å². The lowest BCUT2D eigenvalue weighted by Crippen LogP contribution is -2.41. The van der Waals surface area contributed by atoms with Gasteiger partial charge in [0.1, 0.15) is 5.69 Å². The maximum atomic E-state index is 11.9. The summed E-state index contributed by atoms with van der Waals surface area (Å²) in [6.45, 7) is 3.44. The van der Waals surface area contributed by atoms with Crippen LogP contribution in [0.2, 0.25) is 0 Å². The van der Waals surface area contributed by atoms with Gasteiger partial charge in [-0.25, -0.2) is 0 Å². The standard InChI is InChI=1S/C16H17N3O3/c1-3-11-4-6-12(7-5-11)15(21)18-19-16(22)14-8-13(9-17-14)10(2)20/h4-9,17H,3H2,1-2H3,(H,18,21)(H,19,22). The first-order chi connectivity index (χ1) is 10.5. The number of aromatic amines is 1. The highest BCUT2D eigenvalue weighted by Crippen LogP contribution is 2.05. The number of nitrogens with one attached hydrogen (secondary N) is 3. The molecule has 0 bridgehead atoms. The molecule has 1 heterocycles. The lowest BCUT2D eigenvalue weighted by Gasteiger charge is -2.06. The second-order valence-electron chi connectivity index (χ2n) is 4.82. The predicted molar refractivity (Wildman–Crippen MR) is 81.5 cm³/mol. The summed E-state index contributed by atoms with van der Waals surface area (Å²) in [7, 11) is 0. The van der Waals surface area contributed by atoms with Gasteiger partial charge in [0, 0.05) is 17.3 Å². The molecule has 22 heavy (non-hydrogen) atoms. The molecule has 3 N–H and O–H groups in total. The Hall–Kier alpha value is -2.89. The maximum absolute atomic E-state index is 11.9. The zero-order chi connectivity index (χ0) is 16.1. The minimum Gasteiger partial charge on any atom is -0.356 e. The van der Waals surface area contributed by atoms with E-state index in [1.165, 1.54) is 19.2 Å². The summed E-state index contributed by atoms with van der Waals surface area (Å²) in [5.41, 5.74) is 6.82. The first-order valence-electron chi connectivity index (χ1n) is 6.90. The van der Waals surface area contributed by atoms with E-state index in [4.69, 9.17) is 0 Å². The molecule has 0 unspecified atom stereocenters. The average Bonchev–Trinajstić information content (AvgIpc) is 3.02. The van der Waals surface area contributed by atoms with Crippen LogP contribution in [0.5, 0.6) is 0 Å². The molecule has 0 saturated heterocycles. The molecular formula is C16H17N3O3. The van der Waals surface area contributed by atoms with Gasteiger partial charge < -0.3 is 4.98 Å². The molecule has 0 saturated carbocycles. The van der Waals surface area contributed by atoms with Gasteiger partial charge in [0.2, 0.25) is 0 Å². The number of benzene rings is 1. The van der Waals surface area contributed by atoms with E-state index in [-0.39, 0.29) is 11.5 Å². The van der Waals surface area contributed by atoms with Gasteiger partial charge in [0.25, 0.3) is 11.8 Å². The highest BCUT2D eigenvalue weighted by atomic mass is 16.2. The fourth-order valence-electron chi connectivity index (χ4n) is 1.87. The Labute approximate surface area is 127 Å². The van der Waals surface area contributed by atoms with Gasteiger partial charge in [0.05, 0.1) is 0 Å². The van der Waals surface area contributed by atoms with Crippen molar-refractivity contribution in [3.05, 3.63) is 58.9 Å². The summed E-state index contributed by atoms with van der Waals surface area (Å²) in [6, 6.07) is 8.55. The summed E-state index contributed by atoms with van der Waals surface area (Å²) >= 11 is 0. The quantitative estimate of drug-likeness (QED) is 0.594. The van der Waals surface area contributed by atoms with Crippen molar-refractivity contribution in [2.24, 2.45) is 0 Å². The Morgan fingerprint density at radius 1 is 1.00 bits per heavy atom. The Kier molecular flexibility index (Phi) is 4.73. The SMILES string of the molecule is CCc1ccc(C(=O)NNC(=O)c2cc(C(C)=O)c[nH]2)cc1. The maximum Gasteiger partial charge on any atom is 0.286 e. The van der Waals surface area contributed by atoms with E-state index in [0.29, 0.717) is 11.1 Å². The third-order valence-electron chi connectivity index (χ3n) is 3.25. The number of hydrogen-bond acceptors (Lipinski definition) is 3. The number of aromatic nitrogens is 1. The molecule has 0 aliphatic carbocycles. The summed E-state index contributed by atoms with van der Waals surface area (Å²) in [4.78, 5) is 37.6. The Morgan fingerprint density at radius 3 is 2.18 bits per heavy atom. The molecule has 1 aromatic carbocycles. The fourth-order valence-corrected chi connectivity index (χ4v) is 1.87. The molecule has 0 aliphatic rings. The molecule has 0 aliphatic heterocycles. The van der Waals surface area contributed by atoms with Crippen molar-refractivity contribution in [1.82, 2.24) is 15.8 Å². The van der Waals surface area contributed by atoms with Gasteiger partial charge in [-0.2, -0.15) is 0 Å². The first-order valence-corrected chi connectivity index (χ1v) is 6.90. The van der Waals surface area contributed by atoms with Crippen molar-refractivity contribution >= 4 is 17.6 Å². The normalized spacial score (nSPS) is 10.1. The molecule has 0 atom stereocenters. The van der Waals surface area contributed by atoms with E-state index in [1.54, 1.807) is 12.1 Å². The van der Waals surface area contributed by atoms with E-state index in [1.807, 2.05) is 19.1 Å². The molecule has 2 aromatic rings. The number of hydrazine groups is 1. The molecule has 0 fully saturated rings. The van der Waals surface area contributed by atoms with Crippen LogP contribution >= 0.6 is 0 Å². The van der Waals surface area contributed by atoms with Crippen LogP contribution in [-0.4, -0.2) is 22.6 Å². The van der Waals surface area contributed by atoms with Crippen molar-refractivity contribution in [2.45, 2.75) is 20.3 Å². The van der Waals surface area contributed by atoms with Gasteiger partial charge in [-0.3, -0.25) is 25.2 Å². The van der Waals surface area contributed by atoms with Gasteiger partial charge in [0.15, 0.2) is 5.78 Å². The molecule has 0 radical (unpaired) electrons. The summed E-state index contributed by atoms with van der Waals surface area (Å²) in [6.07, 6.45) is 2.34. The predicted octanol–water partition coefficient (Wildman–Crippen LogP) is 1.85. The van der Waals surface area contributed by atoms with Crippen molar-refractivity contribution < 1.29 is 14.4 Å². The van der Waals surface area contributed by atoms with Crippen molar-refractivity contribution in [3.8, 4) is 0 Å². The van der Waals surface area contributed by atoms with Crippen LogP contribution in [0, 0.1) is 0 Å². The van der Waals surface area contributed by atoms with Gasteiger partial charge in [-0.05, 0) is 37.1 Å². The van der Waals surface area contributed by atoms with E-state index >= 15 is 0 Å². The number of ketones is 1. The number of amides is 2. The van der Waals surface area contributed by atoms with Crippen molar-refractivity contribution in [3.63, 3.8) is 0 Å². The smallest absolute Gasteiger partial charge is 0.286 e. The van der Waals surface area contributed by atoms with Crippen molar-refractivity contribution in [1.29, 1.82) is 0 Å². The topological polar surface area (TPSA) is 91.1 Å². The summed E-state index contributed by atoms with van der Waals surface area (Å²) in [5, 5.41) is 0. The Morgan fingerprint density at radius 2 is 1.64 bits per heavy atom. The van der Waals surface area contributed by atoms with Crippen LogP contribution in [0.1, 0.15) is 50.6 Å². The zero-order valence-corrected chi connectivity index (χ0v) is 12.4. The van der Waals surface area contributed by atoms with Gasteiger partial charge >= 0.3 is 0 Å². The molecule has 6 nitrogen and oxygen atoms in total. The Bertz CT molecular complexity index is 702. The van der Waals surface area contributed by atoms with Crippen LogP contribution in [0.15, 0.2) is 36.5 Å². The minimum atomic E-state index is -0.522. The van der Waals surface area contributed by atoms with Crippen LogP contribution in [0.3, 0.4) is 0 Å². The zero-order valence-electron chi connectivity index (χ0n) is 12.4. The number of Topliss-reactive ketones (excluding diaryl/α,β-unsaturated/α-hetero) is 1. The van der Waals surface area contributed by atoms with Crippen molar-refractivity contribution in [2.75, 3.05) is 0 Å². The number of carbonyl (C=O) groups excluding carboxylic acids is 3. The van der Waals surface area contributed by atoms with E-state index in [2.05, 4.69) is 15.8 Å². The van der Waals surface area contributed by atoms with Gasteiger partial charge in [-0.1, -0.05) is 19.1 Å². The van der Waals surface area contributed by atoms with Crippen LogP contribution in [0.4, 0.5) is 0 Å². The monoisotopic (exact) mass is 299 g/mol. The summed E-state index contributed by atoms with van der Waals surface area (Å²) < 4.78 is 0. The molecule has 1 aromatic heterocycles. The minimum absolute atomic E-state index is 0.143. The number of H-pyrrole nitrogens is 1. The van der Waals surface area contributed by atoms with Crippen LogP contribution in [0.25, 0.3) is 0 Å². The largest absolute Gasteiger partial charge is 0.356 e. The van der Waals surface area contributed by atoms with E-state index < -0.39 is 11.8 Å². The van der Waals surface area contributed by atoms with E-state index in [0.717, 1.165) is 12.0 Å². The molecule has 0 spiro atoms. The molecule has 2 rings (SSSR count). The lowest BCUT2D eigenvalue weighted by atomic mass is 10.1. The fraction of sp³-hybridized carbons (Fsp3) is 0.188. The molecule has 2 amide bonds. The third kappa shape index (κ3) is 3.60. The van der Waals surface area contributed by atoms with Crippen LogP contribution < -0.4 is 10.9 Å². The second-order valence-corrected chi connectivity index (χ2v) is 4.82. The second kappa shape index (κ2) is 6.71. The average molecular weight is 299 g/mol. The highest BCUT2D eigenvalue weighted by Gasteiger charge is 2.12. The third-order valence-corrected chi connectivity index (χ3v) is 3.25. The number of aryl methyl sites for hydroxylation is 1. The molecule has 6 heteroatoms. The molecule has 114 valence electrons.